The van der Waals surface area contributed by atoms with Crippen LogP contribution in [0.4, 0.5) is 28.9 Å². The van der Waals surface area contributed by atoms with Crippen molar-refractivity contribution in [1.29, 1.82) is 0 Å². The maximum absolute atomic E-state index is 13.3. The van der Waals surface area contributed by atoms with Crippen LogP contribution in [0, 0.1) is 5.82 Å². The van der Waals surface area contributed by atoms with Crippen molar-refractivity contribution in [2.24, 2.45) is 0 Å². The number of alkyl halides is 3. The fourth-order valence-corrected chi connectivity index (χ4v) is 2.64. The number of carbonyl (C=O) groups is 2. The van der Waals surface area contributed by atoms with Crippen LogP contribution in [0.25, 0.3) is 0 Å². The number of halogens is 4. The molecule has 2 aromatic carbocycles. The summed E-state index contributed by atoms with van der Waals surface area (Å²) in [6.07, 6.45) is -4.60. The number of carbonyl (C=O) groups excluding carboxylic acids is 2. The molecular weight excluding hydrogens is 340 g/mol. The lowest BCUT2D eigenvalue weighted by Crippen LogP contribution is -2.30. The van der Waals surface area contributed by atoms with Gasteiger partial charge in [0.25, 0.3) is 0 Å². The molecule has 0 radical (unpaired) electrons. The molecule has 0 saturated carbocycles. The van der Waals surface area contributed by atoms with Crippen LogP contribution in [0.1, 0.15) is 23.5 Å². The van der Waals surface area contributed by atoms with Gasteiger partial charge in [-0.2, -0.15) is 13.2 Å². The van der Waals surface area contributed by atoms with E-state index in [1.807, 2.05) is 0 Å². The Balaban J connectivity index is 1.81. The molecule has 8 heteroatoms. The van der Waals surface area contributed by atoms with Crippen molar-refractivity contribution in [3.8, 4) is 0 Å². The lowest BCUT2D eigenvalue weighted by molar-refractivity contribution is -0.137. The summed E-state index contributed by atoms with van der Waals surface area (Å²) < 4.78 is 50.9. The Kier molecular flexibility index (Phi) is 4.20. The van der Waals surface area contributed by atoms with E-state index in [9.17, 15) is 27.2 Å². The van der Waals surface area contributed by atoms with E-state index in [0.717, 1.165) is 30.3 Å². The lowest BCUT2D eigenvalue weighted by atomic mass is 9.89. The molecule has 4 nitrogen and oxygen atoms in total. The van der Waals surface area contributed by atoms with E-state index >= 15 is 0 Å². The Bertz CT molecular complexity index is 832. The number of rotatable bonds is 2. The number of fused-ring (bicyclic) bond motifs is 1. The summed E-state index contributed by atoms with van der Waals surface area (Å²) in [4.78, 5) is 24.2. The molecule has 0 aliphatic carbocycles. The number of hydrogen-bond donors (Lipinski definition) is 2. The molecule has 25 heavy (non-hydrogen) atoms. The van der Waals surface area contributed by atoms with Crippen molar-refractivity contribution in [2.75, 3.05) is 10.6 Å². The highest BCUT2D eigenvalue weighted by molar-refractivity contribution is 6.05. The van der Waals surface area contributed by atoms with Gasteiger partial charge in [-0.05, 0) is 42.0 Å². The number of anilines is 2. The smallest absolute Gasteiger partial charge is 0.326 e. The fourth-order valence-electron chi connectivity index (χ4n) is 2.64. The molecular formula is C17H12F4N2O2. The summed E-state index contributed by atoms with van der Waals surface area (Å²) in [5, 5.41) is 4.98. The molecule has 0 fully saturated rings. The van der Waals surface area contributed by atoms with Gasteiger partial charge in [-0.1, -0.05) is 6.07 Å². The van der Waals surface area contributed by atoms with Gasteiger partial charge in [0.2, 0.25) is 11.8 Å². The fraction of sp³-hybridized carbons (Fsp3) is 0.176. The van der Waals surface area contributed by atoms with E-state index in [-0.39, 0.29) is 17.8 Å². The van der Waals surface area contributed by atoms with Gasteiger partial charge < -0.3 is 10.6 Å². The summed E-state index contributed by atoms with van der Waals surface area (Å²) in [7, 11) is 0. The van der Waals surface area contributed by atoms with Crippen molar-refractivity contribution >= 4 is 23.2 Å². The average Bonchev–Trinajstić information content (AvgIpc) is 2.53. The van der Waals surface area contributed by atoms with Crippen LogP contribution in [0.15, 0.2) is 42.5 Å². The highest BCUT2D eigenvalue weighted by Gasteiger charge is 2.32. The molecule has 1 heterocycles. The van der Waals surface area contributed by atoms with Crippen LogP contribution in [-0.2, 0) is 15.8 Å². The summed E-state index contributed by atoms with van der Waals surface area (Å²) in [6, 6.07) is 7.67. The lowest BCUT2D eigenvalue weighted by Gasteiger charge is -2.25. The van der Waals surface area contributed by atoms with Crippen molar-refractivity contribution in [1.82, 2.24) is 0 Å². The first kappa shape index (κ1) is 16.9. The Hall–Kier alpha value is -2.90. The van der Waals surface area contributed by atoms with E-state index in [4.69, 9.17) is 0 Å². The number of hydrogen-bond acceptors (Lipinski definition) is 2. The zero-order valence-electron chi connectivity index (χ0n) is 12.7. The topological polar surface area (TPSA) is 58.2 Å². The van der Waals surface area contributed by atoms with Crippen LogP contribution in [0.2, 0.25) is 0 Å². The second-order valence-corrected chi connectivity index (χ2v) is 5.60. The van der Waals surface area contributed by atoms with Crippen LogP contribution in [0.3, 0.4) is 0 Å². The summed E-state index contributed by atoms with van der Waals surface area (Å²) in [5.74, 6) is -2.40. The molecule has 2 amide bonds. The molecule has 0 aromatic heterocycles. The zero-order chi connectivity index (χ0) is 18.2. The van der Waals surface area contributed by atoms with Crippen LogP contribution in [-0.4, -0.2) is 11.8 Å². The van der Waals surface area contributed by atoms with Gasteiger partial charge in [0.05, 0.1) is 11.5 Å². The monoisotopic (exact) mass is 352 g/mol. The summed E-state index contributed by atoms with van der Waals surface area (Å²) in [6.45, 7) is 0. The Morgan fingerprint density at radius 2 is 1.80 bits per heavy atom. The molecule has 0 spiro atoms. The van der Waals surface area contributed by atoms with Gasteiger partial charge in [-0.25, -0.2) is 4.39 Å². The van der Waals surface area contributed by atoms with Gasteiger partial charge >= 0.3 is 6.18 Å². The summed E-state index contributed by atoms with van der Waals surface area (Å²) >= 11 is 0. The summed E-state index contributed by atoms with van der Waals surface area (Å²) in [5.41, 5.74) is 0.00485. The van der Waals surface area contributed by atoms with E-state index in [0.29, 0.717) is 5.56 Å². The first-order valence-corrected chi connectivity index (χ1v) is 7.31. The molecule has 1 unspecified atom stereocenters. The number of amides is 2. The van der Waals surface area contributed by atoms with E-state index < -0.39 is 35.3 Å². The predicted octanol–water partition coefficient (Wildman–Crippen LogP) is 3.91. The normalized spacial score (nSPS) is 16.8. The molecule has 1 aliphatic rings. The van der Waals surface area contributed by atoms with Gasteiger partial charge in [0.15, 0.2) is 0 Å². The SMILES string of the molecule is O=C1CC(C(=O)Nc2ccc(C(F)(F)F)cc2)c2ccc(F)cc2N1. The third-order valence-corrected chi connectivity index (χ3v) is 3.85. The number of benzene rings is 2. The standard InChI is InChI=1S/C17H12F4N2O2/c18-10-3-6-12-13(8-15(24)23-14(12)7-10)16(25)22-11-4-1-9(2-5-11)17(19,20)21/h1-7,13H,8H2,(H,22,25)(H,23,24). The largest absolute Gasteiger partial charge is 0.416 e. The van der Waals surface area contributed by atoms with E-state index in [2.05, 4.69) is 10.6 Å². The highest BCUT2D eigenvalue weighted by atomic mass is 19.4. The number of nitrogens with one attached hydrogen (secondary N) is 2. The Labute approximate surface area is 139 Å². The van der Waals surface area contributed by atoms with Gasteiger partial charge in [0, 0.05) is 17.8 Å². The van der Waals surface area contributed by atoms with Crippen molar-refractivity contribution < 1.29 is 27.2 Å². The van der Waals surface area contributed by atoms with Gasteiger partial charge in [0.1, 0.15) is 5.82 Å². The minimum Gasteiger partial charge on any atom is -0.326 e. The molecule has 1 atom stereocenters. The first-order valence-electron chi connectivity index (χ1n) is 7.31. The van der Waals surface area contributed by atoms with Gasteiger partial charge in [-0.3, -0.25) is 9.59 Å². The van der Waals surface area contributed by atoms with Crippen molar-refractivity contribution in [2.45, 2.75) is 18.5 Å². The second kappa shape index (κ2) is 6.19. The highest BCUT2D eigenvalue weighted by Crippen LogP contribution is 2.34. The van der Waals surface area contributed by atoms with E-state index in [1.165, 1.54) is 12.1 Å². The minimum atomic E-state index is -4.47. The molecule has 130 valence electrons. The van der Waals surface area contributed by atoms with Crippen LogP contribution < -0.4 is 10.6 Å². The maximum Gasteiger partial charge on any atom is 0.416 e. The first-order chi connectivity index (χ1) is 11.7. The van der Waals surface area contributed by atoms with Crippen molar-refractivity contribution in [3.63, 3.8) is 0 Å². The molecule has 1 aliphatic heterocycles. The molecule has 2 aromatic rings. The van der Waals surface area contributed by atoms with Crippen LogP contribution >= 0.6 is 0 Å². The third-order valence-electron chi connectivity index (χ3n) is 3.85. The molecule has 0 saturated heterocycles. The Morgan fingerprint density at radius 1 is 1.12 bits per heavy atom. The quantitative estimate of drug-likeness (QED) is 0.805. The second-order valence-electron chi connectivity index (χ2n) is 5.60. The van der Waals surface area contributed by atoms with Crippen molar-refractivity contribution in [3.05, 3.63) is 59.4 Å². The van der Waals surface area contributed by atoms with E-state index in [1.54, 1.807) is 0 Å². The average molecular weight is 352 g/mol. The Morgan fingerprint density at radius 3 is 2.44 bits per heavy atom. The molecule has 0 bridgehead atoms. The minimum absolute atomic E-state index is 0.134. The molecule has 2 N–H and O–H groups in total. The predicted molar refractivity (Wildman–Crippen MR) is 82.5 cm³/mol. The third kappa shape index (κ3) is 3.62. The molecule has 3 rings (SSSR count). The zero-order valence-corrected chi connectivity index (χ0v) is 12.7. The van der Waals surface area contributed by atoms with Gasteiger partial charge in [-0.15, -0.1) is 0 Å². The van der Waals surface area contributed by atoms with Crippen LogP contribution in [0.5, 0.6) is 0 Å². The maximum atomic E-state index is 13.3.